The molecule has 0 aromatic heterocycles. The molecule has 1 amide bonds. The molecule has 0 aromatic carbocycles. The van der Waals surface area contributed by atoms with E-state index in [0.29, 0.717) is 6.42 Å². The standard InChI is InChI=1S/C11H19NO/c1-3-5-7-9-10(11(12)13)8-6-4-2/h4,6,9H,3,5,7-8H2,1-2H3,(H2,12,13)/b6-4+,10-9-. The number of amides is 1. The Bertz CT molecular complexity index is 204. The van der Waals surface area contributed by atoms with E-state index >= 15 is 0 Å². The third kappa shape index (κ3) is 6.14. The Morgan fingerprint density at radius 1 is 1.46 bits per heavy atom. The van der Waals surface area contributed by atoms with Gasteiger partial charge in [-0.2, -0.15) is 0 Å². The van der Waals surface area contributed by atoms with Crippen LogP contribution in [0.3, 0.4) is 0 Å². The number of carbonyl (C=O) groups excluding carboxylic acids is 1. The van der Waals surface area contributed by atoms with Crippen molar-refractivity contribution < 1.29 is 4.79 Å². The van der Waals surface area contributed by atoms with Crippen molar-refractivity contribution in [3.63, 3.8) is 0 Å². The highest BCUT2D eigenvalue weighted by Gasteiger charge is 2.00. The van der Waals surface area contributed by atoms with Gasteiger partial charge in [-0.3, -0.25) is 4.79 Å². The minimum atomic E-state index is -0.297. The molecule has 0 bridgehead atoms. The molecule has 0 heterocycles. The van der Waals surface area contributed by atoms with E-state index in [0.717, 1.165) is 24.8 Å². The normalized spacial score (nSPS) is 12.3. The largest absolute Gasteiger partial charge is 0.366 e. The van der Waals surface area contributed by atoms with Crippen LogP contribution in [-0.4, -0.2) is 5.91 Å². The van der Waals surface area contributed by atoms with E-state index in [1.165, 1.54) is 0 Å². The van der Waals surface area contributed by atoms with Crippen LogP contribution in [0.1, 0.15) is 39.5 Å². The lowest BCUT2D eigenvalue weighted by Crippen LogP contribution is -2.13. The number of primary amides is 1. The molecular formula is C11H19NO. The molecule has 0 aliphatic carbocycles. The fourth-order valence-electron chi connectivity index (χ4n) is 1.01. The van der Waals surface area contributed by atoms with Crippen molar-refractivity contribution in [1.29, 1.82) is 0 Å². The lowest BCUT2D eigenvalue weighted by molar-refractivity contribution is -0.114. The Morgan fingerprint density at radius 2 is 2.15 bits per heavy atom. The average molecular weight is 181 g/mol. The fraction of sp³-hybridized carbons (Fsp3) is 0.545. The van der Waals surface area contributed by atoms with Gasteiger partial charge in [0.1, 0.15) is 0 Å². The molecule has 0 aliphatic rings. The van der Waals surface area contributed by atoms with E-state index in [1.807, 2.05) is 25.2 Å². The third-order valence-corrected chi connectivity index (χ3v) is 1.84. The van der Waals surface area contributed by atoms with Gasteiger partial charge in [-0.1, -0.05) is 38.0 Å². The summed E-state index contributed by atoms with van der Waals surface area (Å²) in [7, 11) is 0. The van der Waals surface area contributed by atoms with Gasteiger partial charge in [0, 0.05) is 5.57 Å². The van der Waals surface area contributed by atoms with E-state index in [-0.39, 0.29) is 5.91 Å². The summed E-state index contributed by atoms with van der Waals surface area (Å²) < 4.78 is 0. The Kier molecular flexibility index (Phi) is 6.98. The number of rotatable bonds is 6. The molecule has 0 saturated carbocycles. The van der Waals surface area contributed by atoms with Crippen LogP contribution in [-0.2, 0) is 4.79 Å². The zero-order valence-electron chi connectivity index (χ0n) is 8.55. The Hall–Kier alpha value is -1.05. The SMILES string of the molecule is C/C=C/C/C(=C/CCCC)C(N)=O. The molecule has 74 valence electrons. The molecular weight excluding hydrogens is 162 g/mol. The second kappa shape index (κ2) is 7.59. The van der Waals surface area contributed by atoms with Gasteiger partial charge in [-0.05, 0) is 19.8 Å². The van der Waals surface area contributed by atoms with Crippen LogP contribution in [0.2, 0.25) is 0 Å². The van der Waals surface area contributed by atoms with Crippen molar-refractivity contribution in [3.8, 4) is 0 Å². The molecule has 0 aromatic rings. The lowest BCUT2D eigenvalue weighted by Gasteiger charge is -1.98. The first-order chi connectivity index (χ1) is 6.22. The molecule has 0 radical (unpaired) electrons. The first kappa shape index (κ1) is 11.9. The highest BCUT2D eigenvalue weighted by Crippen LogP contribution is 2.06. The van der Waals surface area contributed by atoms with Gasteiger partial charge in [-0.25, -0.2) is 0 Å². The second-order valence-electron chi connectivity index (χ2n) is 3.01. The zero-order chi connectivity index (χ0) is 10.1. The van der Waals surface area contributed by atoms with Crippen molar-refractivity contribution in [2.75, 3.05) is 0 Å². The third-order valence-electron chi connectivity index (χ3n) is 1.84. The number of carbonyl (C=O) groups is 1. The number of unbranched alkanes of at least 4 members (excludes halogenated alkanes) is 2. The molecule has 0 spiro atoms. The minimum Gasteiger partial charge on any atom is -0.366 e. The molecule has 0 aliphatic heterocycles. The first-order valence-corrected chi connectivity index (χ1v) is 4.82. The van der Waals surface area contributed by atoms with Gasteiger partial charge >= 0.3 is 0 Å². The summed E-state index contributed by atoms with van der Waals surface area (Å²) in [6, 6.07) is 0. The summed E-state index contributed by atoms with van der Waals surface area (Å²) in [5.41, 5.74) is 5.95. The van der Waals surface area contributed by atoms with Gasteiger partial charge in [-0.15, -0.1) is 0 Å². The van der Waals surface area contributed by atoms with Gasteiger partial charge in [0.05, 0.1) is 0 Å². The first-order valence-electron chi connectivity index (χ1n) is 4.82. The van der Waals surface area contributed by atoms with Crippen LogP contribution < -0.4 is 5.73 Å². The summed E-state index contributed by atoms with van der Waals surface area (Å²) in [6.07, 6.45) is 9.70. The summed E-state index contributed by atoms with van der Waals surface area (Å²) >= 11 is 0. The van der Waals surface area contributed by atoms with E-state index in [4.69, 9.17) is 5.73 Å². The van der Waals surface area contributed by atoms with E-state index in [2.05, 4.69) is 6.92 Å². The Morgan fingerprint density at radius 3 is 2.62 bits per heavy atom. The van der Waals surface area contributed by atoms with Crippen LogP contribution in [0.5, 0.6) is 0 Å². The molecule has 0 saturated heterocycles. The monoisotopic (exact) mass is 181 g/mol. The van der Waals surface area contributed by atoms with Crippen LogP contribution in [0.25, 0.3) is 0 Å². The number of hydrogen-bond donors (Lipinski definition) is 1. The molecule has 13 heavy (non-hydrogen) atoms. The number of hydrogen-bond acceptors (Lipinski definition) is 1. The highest BCUT2D eigenvalue weighted by molar-refractivity contribution is 5.92. The maximum Gasteiger partial charge on any atom is 0.244 e. The predicted molar refractivity (Wildman–Crippen MR) is 56.2 cm³/mol. The zero-order valence-corrected chi connectivity index (χ0v) is 8.55. The van der Waals surface area contributed by atoms with Crippen molar-refractivity contribution in [1.82, 2.24) is 0 Å². The van der Waals surface area contributed by atoms with Gasteiger partial charge in [0.15, 0.2) is 0 Å². The van der Waals surface area contributed by atoms with Crippen molar-refractivity contribution in [2.45, 2.75) is 39.5 Å². The molecule has 2 nitrogen and oxygen atoms in total. The van der Waals surface area contributed by atoms with Gasteiger partial charge in [0.2, 0.25) is 5.91 Å². The summed E-state index contributed by atoms with van der Waals surface area (Å²) in [4.78, 5) is 10.9. The Balaban J connectivity index is 4.07. The number of nitrogens with two attached hydrogens (primary N) is 1. The number of allylic oxidation sites excluding steroid dienone is 3. The van der Waals surface area contributed by atoms with Crippen molar-refractivity contribution >= 4 is 5.91 Å². The lowest BCUT2D eigenvalue weighted by atomic mass is 10.1. The van der Waals surface area contributed by atoms with Crippen molar-refractivity contribution in [2.24, 2.45) is 5.73 Å². The molecule has 0 atom stereocenters. The minimum absolute atomic E-state index is 0.297. The van der Waals surface area contributed by atoms with Crippen molar-refractivity contribution in [3.05, 3.63) is 23.8 Å². The highest BCUT2D eigenvalue weighted by atomic mass is 16.1. The fourth-order valence-corrected chi connectivity index (χ4v) is 1.01. The summed E-state index contributed by atoms with van der Waals surface area (Å²) in [5, 5.41) is 0. The second-order valence-corrected chi connectivity index (χ2v) is 3.01. The van der Waals surface area contributed by atoms with E-state index in [1.54, 1.807) is 0 Å². The molecule has 2 heteroatoms. The maximum absolute atomic E-state index is 10.9. The molecule has 2 N–H and O–H groups in total. The smallest absolute Gasteiger partial charge is 0.244 e. The van der Waals surface area contributed by atoms with Crippen LogP contribution in [0.4, 0.5) is 0 Å². The summed E-state index contributed by atoms with van der Waals surface area (Å²) in [6.45, 7) is 4.06. The van der Waals surface area contributed by atoms with Gasteiger partial charge < -0.3 is 5.73 Å². The van der Waals surface area contributed by atoms with Crippen LogP contribution >= 0.6 is 0 Å². The maximum atomic E-state index is 10.9. The van der Waals surface area contributed by atoms with Crippen LogP contribution in [0, 0.1) is 0 Å². The van der Waals surface area contributed by atoms with Crippen LogP contribution in [0.15, 0.2) is 23.8 Å². The predicted octanol–water partition coefficient (Wildman–Crippen LogP) is 2.55. The quantitative estimate of drug-likeness (QED) is 0.382. The molecule has 0 fully saturated rings. The molecule has 0 unspecified atom stereocenters. The van der Waals surface area contributed by atoms with E-state index < -0.39 is 0 Å². The topological polar surface area (TPSA) is 43.1 Å². The Labute approximate surface area is 80.5 Å². The van der Waals surface area contributed by atoms with E-state index in [9.17, 15) is 4.79 Å². The van der Waals surface area contributed by atoms with Gasteiger partial charge in [0.25, 0.3) is 0 Å². The molecule has 0 rings (SSSR count). The average Bonchev–Trinajstić information content (AvgIpc) is 2.10. The summed E-state index contributed by atoms with van der Waals surface area (Å²) in [5.74, 6) is -0.297.